The van der Waals surface area contributed by atoms with Crippen LogP contribution in [-0.4, -0.2) is 57.5 Å². The van der Waals surface area contributed by atoms with Crippen LogP contribution in [0.2, 0.25) is 0 Å². The molecule has 0 radical (unpaired) electrons. The van der Waals surface area contributed by atoms with Crippen molar-refractivity contribution in [1.82, 2.24) is 19.7 Å². The lowest BCUT2D eigenvalue weighted by molar-refractivity contribution is -0.128. The van der Waals surface area contributed by atoms with Gasteiger partial charge in [-0.1, -0.05) is 54.2 Å². The maximum atomic E-state index is 14.0. The maximum Gasteiger partial charge on any atom is 0.233 e. The summed E-state index contributed by atoms with van der Waals surface area (Å²) in [4.78, 5) is 16.4. The van der Waals surface area contributed by atoms with Crippen molar-refractivity contribution in [3.8, 4) is 11.4 Å². The van der Waals surface area contributed by atoms with Gasteiger partial charge in [0.1, 0.15) is 5.82 Å². The third kappa shape index (κ3) is 4.27. The fourth-order valence-electron chi connectivity index (χ4n) is 3.40. The highest BCUT2D eigenvalue weighted by Crippen LogP contribution is 2.24. The standard InChI is InChI=1S/C21H22FN5OS/c1-25-20(16-7-3-2-4-8-16)23-24-21(25)29-15-19(28)27-13-11-26(12-14-27)18-10-6-5-9-17(18)22/h2-10H,11-15H2,1H3. The van der Waals surface area contributed by atoms with Crippen molar-refractivity contribution in [3.63, 3.8) is 0 Å². The number of amides is 1. The fraction of sp³-hybridized carbons (Fsp3) is 0.286. The van der Waals surface area contributed by atoms with E-state index in [-0.39, 0.29) is 11.7 Å². The summed E-state index contributed by atoms with van der Waals surface area (Å²) in [6, 6.07) is 16.6. The van der Waals surface area contributed by atoms with Gasteiger partial charge in [0.2, 0.25) is 5.91 Å². The highest BCUT2D eigenvalue weighted by atomic mass is 32.2. The molecule has 8 heteroatoms. The van der Waals surface area contributed by atoms with E-state index in [1.165, 1.54) is 17.8 Å². The number of hydrogen-bond acceptors (Lipinski definition) is 5. The fourth-order valence-corrected chi connectivity index (χ4v) is 4.22. The minimum atomic E-state index is -0.223. The van der Waals surface area contributed by atoms with Crippen molar-refractivity contribution in [1.29, 1.82) is 0 Å². The Labute approximate surface area is 173 Å². The van der Waals surface area contributed by atoms with Crippen molar-refractivity contribution in [3.05, 3.63) is 60.4 Å². The number of piperazine rings is 1. The van der Waals surface area contributed by atoms with Crippen LogP contribution in [0.15, 0.2) is 59.8 Å². The number of thioether (sulfide) groups is 1. The van der Waals surface area contributed by atoms with E-state index in [0.29, 0.717) is 42.8 Å². The molecule has 3 aromatic rings. The summed E-state index contributed by atoms with van der Waals surface area (Å²) in [7, 11) is 1.91. The van der Waals surface area contributed by atoms with E-state index in [9.17, 15) is 9.18 Å². The highest BCUT2D eigenvalue weighted by molar-refractivity contribution is 7.99. The average molecular weight is 412 g/mol. The first-order valence-corrected chi connectivity index (χ1v) is 10.5. The van der Waals surface area contributed by atoms with Crippen LogP contribution in [0.1, 0.15) is 0 Å². The topological polar surface area (TPSA) is 54.3 Å². The lowest BCUT2D eigenvalue weighted by Gasteiger charge is -2.36. The van der Waals surface area contributed by atoms with Gasteiger partial charge in [-0.05, 0) is 12.1 Å². The van der Waals surface area contributed by atoms with Gasteiger partial charge >= 0.3 is 0 Å². The molecule has 0 saturated carbocycles. The summed E-state index contributed by atoms with van der Waals surface area (Å²) in [6.45, 7) is 2.42. The zero-order valence-electron chi connectivity index (χ0n) is 16.2. The second kappa shape index (κ2) is 8.65. The molecule has 0 N–H and O–H groups in total. The number of carbonyl (C=O) groups excluding carboxylic acids is 1. The molecule has 0 atom stereocenters. The number of aromatic nitrogens is 3. The Morgan fingerprint density at radius 3 is 2.41 bits per heavy atom. The maximum absolute atomic E-state index is 14.0. The van der Waals surface area contributed by atoms with Gasteiger partial charge in [0, 0.05) is 38.8 Å². The molecule has 0 aliphatic carbocycles. The Hall–Kier alpha value is -2.87. The Bertz CT molecular complexity index is 986. The minimum absolute atomic E-state index is 0.0624. The van der Waals surface area contributed by atoms with E-state index < -0.39 is 0 Å². The Balaban J connectivity index is 1.32. The zero-order chi connectivity index (χ0) is 20.2. The minimum Gasteiger partial charge on any atom is -0.366 e. The third-order valence-corrected chi connectivity index (χ3v) is 6.02. The predicted octanol–water partition coefficient (Wildman–Crippen LogP) is 3.06. The quantitative estimate of drug-likeness (QED) is 0.604. The molecule has 1 aromatic heterocycles. The third-order valence-electron chi connectivity index (χ3n) is 5.02. The first kappa shape index (κ1) is 19.4. The van der Waals surface area contributed by atoms with Crippen LogP contribution in [-0.2, 0) is 11.8 Å². The molecule has 6 nitrogen and oxygen atoms in total. The Kier molecular flexibility index (Phi) is 5.80. The molecule has 2 heterocycles. The number of rotatable bonds is 5. The van der Waals surface area contributed by atoms with Crippen molar-refractivity contribution < 1.29 is 9.18 Å². The van der Waals surface area contributed by atoms with Crippen LogP contribution in [0.4, 0.5) is 10.1 Å². The smallest absolute Gasteiger partial charge is 0.233 e. The van der Waals surface area contributed by atoms with Gasteiger partial charge in [0.25, 0.3) is 0 Å². The van der Waals surface area contributed by atoms with Gasteiger partial charge < -0.3 is 14.4 Å². The molecule has 1 aliphatic rings. The first-order chi connectivity index (χ1) is 14.1. The number of anilines is 1. The summed E-state index contributed by atoms with van der Waals surface area (Å²) in [5.41, 5.74) is 1.59. The van der Waals surface area contributed by atoms with Crippen LogP contribution < -0.4 is 4.90 Å². The number of hydrogen-bond donors (Lipinski definition) is 0. The molecular weight excluding hydrogens is 389 g/mol. The average Bonchev–Trinajstić information content (AvgIpc) is 3.13. The normalized spacial score (nSPS) is 14.3. The summed E-state index contributed by atoms with van der Waals surface area (Å²) < 4.78 is 15.9. The predicted molar refractivity (Wildman–Crippen MR) is 112 cm³/mol. The van der Waals surface area contributed by atoms with Crippen molar-refractivity contribution >= 4 is 23.4 Å². The molecule has 0 spiro atoms. The van der Waals surface area contributed by atoms with Gasteiger partial charge in [0.05, 0.1) is 11.4 Å². The van der Waals surface area contributed by atoms with E-state index in [1.807, 2.05) is 57.8 Å². The summed E-state index contributed by atoms with van der Waals surface area (Å²) >= 11 is 1.39. The van der Waals surface area contributed by atoms with E-state index in [1.54, 1.807) is 12.1 Å². The summed E-state index contributed by atoms with van der Waals surface area (Å²) in [5, 5.41) is 9.19. The summed E-state index contributed by atoms with van der Waals surface area (Å²) in [6.07, 6.45) is 0. The zero-order valence-corrected chi connectivity index (χ0v) is 17.0. The monoisotopic (exact) mass is 411 g/mol. The number of halogens is 1. The van der Waals surface area contributed by atoms with E-state index in [2.05, 4.69) is 10.2 Å². The Morgan fingerprint density at radius 1 is 1.00 bits per heavy atom. The van der Waals surface area contributed by atoms with Crippen molar-refractivity contribution in [2.24, 2.45) is 7.05 Å². The second-order valence-corrected chi connectivity index (χ2v) is 7.78. The first-order valence-electron chi connectivity index (χ1n) is 9.48. The van der Waals surface area contributed by atoms with Gasteiger partial charge in [0.15, 0.2) is 11.0 Å². The molecule has 1 saturated heterocycles. The van der Waals surface area contributed by atoms with Crippen LogP contribution in [0.5, 0.6) is 0 Å². The lowest BCUT2D eigenvalue weighted by Crippen LogP contribution is -2.49. The second-order valence-electron chi connectivity index (χ2n) is 6.84. The molecule has 0 unspecified atom stereocenters. The number of nitrogens with zero attached hydrogens (tertiary/aromatic N) is 5. The number of carbonyl (C=O) groups is 1. The molecule has 1 amide bonds. The summed E-state index contributed by atoms with van der Waals surface area (Å²) in [5.74, 6) is 0.923. The lowest BCUT2D eigenvalue weighted by atomic mass is 10.2. The molecule has 1 aliphatic heterocycles. The van der Waals surface area contributed by atoms with Gasteiger partial charge in [-0.25, -0.2) is 4.39 Å². The van der Waals surface area contributed by atoms with Crippen molar-refractivity contribution in [2.75, 3.05) is 36.8 Å². The molecule has 0 bridgehead atoms. The highest BCUT2D eigenvalue weighted by Gasteiger charge is 2.23. The van der Waals surface area contributed by atoms with E-state index in [0.717, 1.165) is 11.4 Å². The Morgan fingerprint density at radius 2 is 1.69 bits per heavy atom. The SMILES string of the molecule is Cn1c(SCC(=O)N2CCN(c3ccccc3F)CC2)nnc1-c1ccccc1. The van der Waals surface area contributed by atoms with Crippen LogP contribution in [0.3, 0.4) is 0 Å². The van der Waals surface area contributed by atoms with Gasteiger partial charge in [-0.2, -0.15) is 0 Å². The molecule has 29 heavy (non-hydrogen) atoms. The van der Waals surface area contributed by atoms with Crippen LogP contribution in [0, 0.1) is 5.82 Å². The van der Waals surface area contributed by atoms with Crippen molar-refractivity contribution in [2.45, 2.75) is 5.16 Å². The molecule has 4 rings (SSSR count). The van der Waals surface area contributed by atoms with E-state index in [4.69, 9.17) is 0 Å². The van der Waals surface area contributed by atoms with Gasteiger partial charge in [-0.3, -0.25) is 4.79 Å². The molecule has 150 valence electrons. The van der Waals surface area contributed by atoms with E-state index >= 15 is 0 Å². The largest absolute Gasteiger partial charge is 0.366 e. The molecular formula is C21H22FN5OS. The molecule has 1 fully saturated rings. The van der Waals surface area contributed by atoms with Crippen LogP contribution in [0.25, 0.3) is 11.4 Å². The van der Waals surface area contributed by atoms with Gasteiger partial charge in [-0.15, -0.1) is 10.2 Å². The van der Waals surface area contributed by atoms with Crippen LogP contribution >= 0.6 is 11.8 Å². The number of benzene rings is 2. The molecule has 2 aromatic carbocycles. The number of para-hydroxylation sites is 1.